The molecule has 0 unspecified atom stereocenters. The number of aromatic nitrogens is 2. The number of urea groups is 1. The van der Waals surface area contributed by atoms with Gasteiger partial charge in [-0.2, -0.15) is 5.10 Å². The molecule has 2 N–H and O–H groups in total. The van der Waals surface area contributed by atoms with Gasteiger partial charge in [-0.05, 0) is 24.6 Å². The molecule has 134 valence electrons. The Labute approximate surface area is 145 Å². The second kappa shape index (κ2) is 8.09. The van der Waals surface area contributed by atoms with Gasteiger partial charge >= 0.3 is 6.03 Å². The molecule has 0 spiro atoms. The van der Waals surface area contributed by atoms with Gasteiger partial charge in [0.2, 0.25) is 0 Å². The average molecular weight is 347 g/mol. The van der Waals surface area contributed by atoms with E-state index in [0.29, 0.717) is 5.69 Å². The highest BCUT2D eigenvalue weighted by Gasteiger charge is 2.11. The summed E-state index contributed by atoms with van der Waals surface area (Å²) in [4.78, 5) is 14.3. The highest BCUT2D eigenvalue weighted by atomic mass is 19.1. The van der Waals surface area contributed by atoms with E-state index >= 15 is 0 Å². The summed E-state index contributed by atoms with van der Waals surface area (Å²) in [6.07, 6.45) is 3.33. The molecule has 2 aromatic rings. The first-order valence-corrected chi connectivity index (χ1v) is 8.27. The maximum absolute atomic E-state index is 13.7. The van der Waals surface area contributed by atoms with Crippen LogP contribution in [0.3, 0.4) is 0 Å². The first-order chi connectivity index (χ1) is 12.1. The molecule has 1 aliphatic rings. The van der Waals surface area contributed by atoms with Crippen molar-refractivity contribution in [3.63, 3.8) is 0 Å². The molecule has 2 amide bonds. The van der Waals surface area contributed by atoms with E-state index in [4.69, 9.17) is 4.74 Å². The standard InChI is InChI=1S/C17H22FN5O2/c1-13-2-3-15(18)16(10-13)21-17(24)20-14-11-19-23(12-14)5-4-22-6-8-25-9-7-22/h2-3,10-12H,4-9H2,1H3,(H2,20,21,24). The zero-order valence-corrected chi connectivity index (χ0v) is 14.2. The minimum absolute atomic E-state index is 0.150. The molecular formula is C17H22FN5O2. The molecule has 1 saturated heterocycles. The lowest BCUT2D eigenvalue weighted by Crippen LogP contribution is -2.38. The van der Waals surface area contributed by atoms with Gasteiger partial charge in [0.15, 0.2) is 0 Å². The fraction of sp³-hybridized carbons (Fsp3) is 0.412. The lowest BCUT2D eigenvalue weighted by molar-refractivity contribution is 0.0360. The number of nitrogens with zero attached hydrogens (tertiary/aromatic N) is 3. The number of ether oxygens (including phenoxy) is 1. The molecule has 7 nitrogen and oxygen atoms in total. The van der Waals surface area contributed by atoms with Crippen molar-refractivity contribution in [2.45, 2.75) is 13.5 Å². The van der Waals surface area contributed by atoms with Crippen molar-refractivity contribution in [1.29, 1.82) is 0 Å². The summed E-state index contributed by atoms with van der Waals surface area (Å²) >= 11 is 0. The normalized spacial score (nSPS) is 15.1. The Hall–Kier alpha value is -2.45. The molecule has 25 heavy (non-hydrogen) atoms. The van der Waals surface area contributed by atoms with E-state index in [2.05, 4.69) is 20.6 Å². The summed E-state index contributed by atoms with van der Waals surface area (Å²) in [5.74, 6) is -0.470. The Morgan fingerprint density at radius 2 is 2.08 bits per heavy atom. The molecule has 1 aliphatic heterocycles. The number of hydrogen-bond donors (Lipinski definition) is 2. The van der Waals surface area contributed by atoms with Crippen LogP contribution in [0.5, 0.6) is 0 Å². The van der Waals surface area contributed by atoms with Crippen LogP contribution < -0.4 is 10.6 Å². The van der Waals surface area contributed by atoms with E-state index in [9.17, 15) is 9.18 Å². The van der Waals surface area contributed by atoms with Gasteiger partial charge in [0.25, 0.3) is 0 Å². The van der Waals surface area contributed by atoms with Crippen LogP contribution in [0.2, 0.25) is 0 Å². The van der Waals surface area contributed by atoms with Crippen LogP contribution in [-0.4, -0.2) is 53.6 Å². The van der Waals surface area contributed by atoms with Gasteiger partial charge in [-0.1, -0.05) is 6.07 Å². The smallest absolute Gasteiger partial charge is 0.323 e. The van der Waals surface area contributed by atoms with Crippen LogP contribution in [-0.2, 0) is 11.3 Å². The molecule has 0 aliphatic carbocycles. The number of carbonyl (C=O) groups excluding carboxylic acids is 1. The Morgan fingerprint density at radius 1 is 1.28 bits per heavy atom. The molecular weight excluding hydrogens is 325 g/mol. The molecule has 0 bridgehead atoms. The fourth-order valence-corrected chi connectivity index (χ4v) is 2.64. The van der Waals surface area contributed by atoms with E-state index in [1.54, 1.807) is 29.2 Å². The van der Waals surface area contributed by atoms with E-state index in [1.807, 2.05) is 6.92 Å². The first kappa shape index (κ1) is 17.4. The number of anilines is 2. The Bertz CT molecular complexity index is 728. The zero-order valence-electron chi connectivity index (χ0n) is 14.2. The summed E-state index contributed by atoms with van der Waals surface area (Å²) < 4.78 is 20.8. The first-order valence-electron chi connectivity index (χ1n) is 8.27. The molecule has 1 aromatic carbocycles. The number of carbonyl (C=O) groups is 1. The average Bonchev–Trinajstić information content (AvgIpc) is 3.04. The predicted molar refractivity (Wildman–Crippen MR) is 93.3 cm³/mol. The number of morpholine rings is 1. The largest absolute Gasteiger partial charge is 0.379 e. The van der Waals surface area contributed by atoms with Crippen LogP contribution in [0.15, 0.2) is 30.6 Å². The number of benzene rings is 1. The van der Waals surface area contributed by atoms with Gasteiger partial charge in [0, 0.05) is 25.8 Å². The van der Waals surface area contributed by atoms with Crippen molar-refractivity contribution in [2.24, 2.45) is 0 Å². The third kappa shape index (κ3) is 5.01. The molecule has 8 heteroatoms. The zero-order chi connectivity index (χ0) is 17.6. The minimum Gasteiger partial charge on any atom is -0.379 e. The van der Waals surface area contributed by atoms with Crippen molar-refractivity contribution in [3.8, 4) is 0 Å². The van der Waals surface area contributed by atoms with Crippen molar-refractivity contribution >= 4 is 17.4 Å². The van der Waals surface area contributed by atoms with E-state index < -0.39 is 11.8 Å². The summed E-state index contributed by atoms with van der Waals surface area (Å²) in [6, 6.07) is 4.06. The second-order valence-corrected chi connectivity index (χ2v) is 6.01. The van der Waals surface area contributed by atoms with Crippen molar-refractivity contribution in [3.05, 3.63) is 42.0 Å². The molecule has 0 radical (unpaired) electrons. The third-order valence-corrected chi connectivity index (χ3v) is 4.01. The summed E-state index contributed by atoms with van der Waals surface area (Å²) in [6.45, 7) is 6.83. The van der Waals surface area contributed by atoms with Gasteiger partial charge in [0.05, 0.1) is 37.3 Å². The lowest BCUT2D eigenvalue weighted by atomic mass is 10.2. The Balaban J connectivity index is 1.50. The van der Waals surface area contributed by atoms with Crippen LogP contribution in [0, 0.1) is 12.7 Å². The number of amides is 2. The topological polar surface area (TPSA) is 71.4 Å². The maximum atomic E-state index is 13.7. The van der Waals surface area contributed by atoms with Crippen LogP contribution in [0.25, 0.3) is 0 Å². The van der Waals surface area contributed by atoms with E-state index in [-0.39, 0.29) is 5.69 Å². The SMILES string of the molecule is Cc1ccc(F)c(NC(=O)Nc2cnn(CCN3CCOCC3)c2)c1. The predicted octanol–water partition coefficient (Wildman–Crippen LogP) is 2.31. The molecule has 3 rings (SSSR count). The van der Waals surface area contributed by atoms with Crippen LogP contribution >= 0.6 is 0 Å². The van der Waals surface area contributed by atoms with E-state index in [0.717, 1.165) is 45.0 Å². The Morgan fingerprint density at radius 3 is 2.88 bits per heavy atom. The van der Waals surface area contributed by atoms with Crippen molar-refractivity contribution < 1.29 is 13.9 Å². The Kier molecular flexibility index (Phi) is 5.62. The summed E-state index contributed by atoms with van der Waals surface area (Å²) in [5, 5.41) is 9.40. The van der Waals surface area contributed by atoms with E-state index in [1.165, 1.54) is 6.07 Å². The number of hydrogen-bond acceptors (Lipinski definition) is 4. The molecule has 2 heterocycles. The van der Waals surface area contributed by atoms with Crippen LogP contribution in [0.1, 0.15) is 5.56 Å². The van der Waals surface area contributed by atoms with Gasteiger partial charge in [-0.25, -0.2) is 9.18 Å². The summed E-state index contributed by atoms with van der Waals surface area (Å²) in [5.41, 5.74) is 1.58. The van der Waals surface area contributed by atoms with Crippen molar-refractivity contribution in [2.75, 3.05) is 43.5 Å². The van der Waals surface area contributed by atoms with Gasteiger partial charge in [-0.3, -0.25) is 9.58 Å². The minimum atomic E-state index is -0.503. The lowest BCUT2D eigenvalue weighted by Gasteiger charge is -2.26. The number of halogens is 1. The molecule has 1 fully saturated rings. The molecule has 0 saturated carbocycles. The fourth-order valence-electron chi connectivity index (χ4n) is 2.64. The third-order valence-electron chi connectivity index (χ3n) is 4.01. The molecule has 0 atom stereocenters. The molecule has 1 aromatic heterocycles. The number of nitrogens with one attached hydrogen (secondary N) is 2. The second-order valence-electron chi connectivity index (χ2n) is 6.01. The number of aryl methyl sites for hydroxylation is 1. The van der Waals surface area contributed by atoms with Gasteiger partial charge < -0.3 is 15.4 Å². The van der Waals surface area contributed by atoms with Gasteiger partial charge in [-0.15, -0.1) is 0 Å². The number of rotatable bonds is 5. The van der Waals surface area contributed by atoms with Gasteiger partial charge in [0.1, 0.15) is 5.82 Å². The van der Waals surface area contributed by atoms with Crippen molar-refractivity contribution in [1.82, 2.24) is 14.7 Å². The summed E-state index contributed by atoms with van der Waals surface area (Å²) in [7, 11) is 0. The monoisotopic (exact) mass is 347 g/mol. The van der Waals surface area contributed by atoms with Crippen LogP contribution in [0.4, 0.5) is 20.6 Å². The highest BCUT2D eigenvalue weighted by Crippen LogP contribution is 2.16. The highest BCUT2D eigenvalue weighted by molar-refractivity contribution is 5.99. The quantitative estimate of drug-likeness (QED) is 0.871. The maximum Gasteiger partial charge on any atom is 0.323 e.